The van der Waals surface area contributed by atoms with E-state index in [1.807, 2.05) is 55.5 Å². The molecule has 0 bridgehead atoms. The molecule has 2 heterocycles. The Hall–Kier alpha value is -2.65. The van der Waals surface area contributed by atoms with Crippen molar-refractivity contribution < 1.29 is 4.52 Å². The number of hydrogen-bond donors (Lipinski definition) is 1. The number of thioether (sulfide) groups is 1. The molecule has 0 unspecified atom stereocenters. The smallest absolute Gasteiger partial charge is 0.237 e. The number of nitrogen functional groups attached to an aromatic ring is 1. The number of rotatable bonds is 5. The molecule has 0 saturated carbocycles. The molecule has 7 nitrogen and oxygen atoms in total. The quantitative estimate of drug-likeness (QED) is 0.367. The highest BCUT2D eigenvalue weighted by Gasteiger charge is 2.16. The van der Waals surface area contributed by atoms with Crippen LogP contribution in [0.15, 0.2) is 62.7 Å². The third-order valence-electron chi connectivity index (χ3n) is 3.88. The zero-order valence-electron chi connectivity index (χ0n) is 14.3. The van der Waals surface area contributed by atoms with Crippen molar-refractivity contribution in [3.8, 4) is 22.8 Å². The van der Waals surface area contributed by atoms with Crippen molar-refractivity contribution in [2.75, 3.05) is 5.84 Å². The highest BCUT2D eigenvalue weighted by molar-refractivity contribution is 9.10. The summed E-state index contributed by atoms with van der Waals surface area (Å²) in [6, 6.07) is 15.7. The van der Waals surface area contributed by atoms with E-state index in [2.05, 4.69) is 36.3 Å². The van der Waals surface area contributed by atoms with Crippen LogP contribution in [0.4, 0.5) is 0 Å². The summed E-state index contributed by atoms with van der Waals surface area (Å²) >= 11 is 4.89. The fourth-order valence-electron chi connectivity index (χ4n) is 2.46. The van der Waals surface area contributed by atoms with Gasteiger partial charge in [0.2, 0.25) is 16.9 Å². The Bertz CT molecular complexity index is 1080. The van der Waals surface area contributed by atoms with E-state index in [1.165, 1.54) is 22.0 Å². The van der Waals surface area contributed by atoms with Gasteiger partial charge in [-0.15, -0.1) is 10.2 Å². The Morgan fingerprint density at radius 1 is 1.11 bits per heavy atom. The minimum absolute atomic E-state index is 0.449. The van der Waals surface area contributed by atoms with Gasteiger partial charge in [-0.1, -0.05) is 74.8 Å². The standard InChI is InChI=1S/C18H15BrN6OS/c1-11-6-8-12(9-7-11)16-21-15(26-24-16)10-27-18-23-22-17(25(18)20)13-4-2-3-5-14(13)19/h2-9H,10,20H2,1H3. The third kappa shape index (κ3) is 3.74. The van der Waals surface area contributed by atoms with E-state index >= 15 is 0 Å². The average Bonchev–Trinajstić information content (AvgIpc) is 3.28. The molecule has 2 aromatic carbocycles. The molecule has 4 rings (SSSR count). The van der Waals surface area contributed by atoms with Crippen LogP contribution in [0.3, 0.4) is 0 Å². The second-order valence-corrected chi connectivity index (χ2v) is 7.62. The van der Waals surface area contributed by atoms with Crippen LogP contribution in [0, 0.1) is 6.92 Å². The molecular weight excluding hydrogens is 428 g/mol. The van der Waals surface area contributed by atoms with E-state index < -0.39 is 0 Å². The van der Waals surface area contributed by atoms with E-state index in [0.29, 0.717) is 28.4 Å². The van der Waals surface area contributed by atoms with Crippen molar-refractivity contribution in [1.82, 2.24) is 25.0 Å². The molecule has 0 saturated heterocycles. The Labute approximate surface area is 168 Å². The topological polar surface area (TPSA) is 95.7 Å². The molecule has 4 aromatic rings. The van der Waals surface area contributed by atoms with Gasteiger partial charge in [-0.2, -0.15) is 4.98 Å². The Kier molecular flexibility index (Phi) is 4.95. The molecule has 0 atom stereocenters. The van der Waals surface area contributed by atoms with E-state index in [-0.39, 0.29) is 0 Å². The number of nitrogens with zero attached hydrogens (tertiary/aromatic N) is 5. The lowest BCUT2D eigenvalue weighted by Gasteiger charge is -2.04. The molecule has 0 radical (unpaired) electrons. The maximum atomic E-state index is 6.16. The zero-order chi connectivity index (χ0) is 18.8. The van der Waals surface area contributed by atoms with Crippen LogP contribution >= 0.6 is 27.7 Å². The first-order chi connectivity index (χ1) is 13.1. The highest BCUT2D eigenvalue weighted by atomic mass is 79.9. The summed E-state index contributed by atoms with van der Waals surface area (Å²) in [5, 5.41) is 13.0. The highest BCUT2D eigenvalue weighted by Crippen LogP contribution is 2.29. The second kappa shape index (κ2) is 7.53. The minimum atomic E-state index is 0.449. The number of hydrogen-bond acceptors (Lipinski definition) is 7. The van der Waals surface area contributed by atoms with Gasteiger partial charge in [0.05, 0.1) is 5.75 Å². The van der Waals surface area contributed by atoms with Gasteiger partial charge in [0.25, 0.3) is 0 Å². The summed E-state index contributed by atoms with van der Waals surface area (Å²) in [6.07, 6.45) is 0. The van der Waals surface area contributed by atoms with E-state index in [0.717, 1.165) is 15.6 Å². The van der Waals surface area contributed by atoms with Gasteiger partial charge in [0.15, 0.2) is 5.82 Å². The van der Waals surface area contributed by atoms with Crippen LogP contribution < -0.4 is 5.84 Å². The predicted molar refractivity (Wildman–Crippen MR) is 107 cm³/mol. The average molecular weight is 443 g/mol. The van der Waals surface area contributed by atoms with E-state index in [9.17, 15) is 0 Å². The first-order valence-corrected chi connectivity index (χ1v) is 9.87. The van der Waals surface area contributed by atoms with Crippen LogP contribution in [0.25, 0.3) is 22.8 Å². The van der Waals surface area contributed by atoms with Gasteiger partial charge in [-0.05, 0) is 19.1 Å². The van der Waals surface area contributed by atoms with Gasteiger partial charge in [0, 0.05) is 15.6 Å². The Morgan fingerprint density at radius 2 is 1.89 bits per heavy atom. The summed E-state index contributed by atoms with van der Waals surface area (Å²) in [5.41, 5.74) is 2.97. The molecule has 0 spiro atoms. The first kappa shape index (κ1) is 17.7. The molecule has 2 aromatic heterocycles. The third-order valence-corrected chi connectivity index (χ3v) is 5.50. The van der Waals surface area contributed by atoms with Crippen molar-refractivity contribution in [1.29, 1.82) is 0 Å². The van der Waals surface area contributed by atoms with Crippen LogP contribution in [0.1, 0.15) is 11.5 Å². The van der Waals surface area contributed by atoms with Crippen LogP contribution in [-0.4, -0.2) is 25.0 Å². The van der Waals surface area contributed by atoms with Crippen LogP contribution in [-0.2, 0) is 5.75 Å². The van der Waals surface area contributed by atoms with Gasteiger partial charge in [-0.25, -0.2) is 4.68 Å². The number of aryl methyl sites for hydroxylation is 1. The van der Waals surface area contributed by atoms with Crippen LogP contribution in [0.5, 0.6) is 0 Å². The lowest BCUT2D eigenvalue weighted by molar-refractivity contribution is 0.391. The minimum Gasteiger partial charge on any atom is -0.338 e. The van der Waals surface area contributed by atoms with Crippen molar-refractivity contribution in [2.45, 2.75) is 17.8 Å². The summed E-state index contributed by atoms with van der Waals surface area (Å²) in [5.74, 6) is 8.25. The van der Waals surface area contributed by atoms with E-state index in [4.69, 9.17) is 10.4 Å². The molecule has 27 heavy (non-hydrogen) atoms. The Morgan fingerprint density at radius 3 is 2.67 bits per heavy atom. The maximum absolute atomic E-state index is 6.16. The lowest BCUT2D eigenvalue weighted by atomic mass is 10.1. The van der Waals surface area contributed by atoms with E-state index in [1.54, 1.807) is 0 Å². The van der Waals surface area contributed by atoms with Gasteiger partial charge < -0.3 is 10.4 Å². The molecule has 0 amide bonds. The van der Waals surface area contributed by atoms with Gasteiger partial charge in [-0.3, -0.25) is 0 Å². The van der Waals surface area contributed by atoms with Gasteiger partial charge in [0.1, 0.15) is 0 Å². The molecule has 0 aliphatic heterocycles. The molecule has 9 heteroatoms. The summed E-state index contributed by atoms with van der Waals surface area (Å²) in [4.78, 5) is 4.43. The molecular formula is C18H15BrN6OS. The number of benzene rings is 2. The van der Waals surface area contributed by atoms with Crippen molar-refractivity contribution in [3.63, 3.8) is 0 Å². The number of aromatic nitrogens is 5. The fraction of sp³-hybridized carbons (Fsp3) is 0.111. The van der Waals surface area contributed by atoms with Crippen molar-refractivity contribution >= 4 is 27.7 Å². The summed E-state index contributed by atoms with van der Waals surface area (Å²) in [6.45, 7) is 2.04. The van der Waals surface area contributed by atoms with Crippen LogP contribution in [0.2, 0.25) is 0 Å². The fourth-order valence-corrected chi connectivity index (χ4v) is 3.62. The molecule has 2 N–H and O–H groups in total. The monoisotopic (exact) mass is 442 g/mol. The molecule has 0 aliphatic carbocycles. The molecule has 136 valence electrons. The van der Waals surface area contributed by atoms with Crippen molar-refractivity contribution in [2.24, 2.45) is 0 Å². The molecule has 0 fully saturated rings. The van der Waals surface area contributed by atoms with Gasteiger partial charge >= 0.3 is 0 Å². The molecule has 0 aliphatic rings. The normalized spacial score (nSPS) is 11.0. The zero-order valence-corrected chi connectivity index (χ0v) is 16.7. The maximum Gasteiger partial charge on any atom is 0.237 e. The summed E-state index contributed by atoms with van der Waals surface area (Å²) in [7, 11) is 0. The number of nitrogens with two attached hydrogens (primary N) is 1. The number of halogens is 1. The largest absolute Gasteiger partial charge is 0.338 e. The Balaban J connectivity index is 1.49. The second-order valence-electron chi connectivity index (χ2n) is 5.82. The summed E-state index contributed by atoms with van der Waals surface area (Å²) < 4.78 is 7.70. The predicted octanol–water partition coefficient (Wildman–Crippen LogP) is 4.07. The van der Waals surface area contributed by atoms with Crippen molar-refractivity contribution in [3.05, 3.63) is 64.5 Å². The first-order valence-electron chi connectivity index (χ1n) is 8.09. The SMILES string of the molecule is Cc1ccc(-c2noc(CSc3nnc(-c4ccccc4Br)n3N)n2)cc1. The lowest BCUT2D eigenvalue weighted by Crippen LogP contribution is -2.11.